The Morgan fingerprint density at radius 2 is 1.79 bits per heavy atom. The summed E-state index contributed by atoms with van der Waals surface area (Å²) in [5, 5.41) is 9.42. The number of halogens is 4. The second-order valence-corrected chi connectivity index (χ2v) is 3.64. The third-order valence-electron chi connectivity index (χ3n) is 2.57. The minimum atomic E-state index is -6.00. The first-order valence-corrected chi connectivity index (χ1v) is 4.58. The van der Waals surface area contributed by atoms with Crippen molar-refractivity contribution in [1.82, 2.24) is 0 Å². The summed E-state index contributed by atoms with van der Waals surface area (Å²) in [6, 6.07) is 0. The van der Waals surface area contributed by atoms with E-state index in [4.69, 9.17) is 0 Å². The van der Waals surface area contributed by atoms with Crippen LogP contribution in [0.25, 0.3) is 0 Å². The molecule has 0 spiro atoms. The smallest absolute Gasteiger partial charge is 0.418 e. The van der Waals surface area contributed by atoms with Gasteiger partial charge in [-0.2, -0.15) is 0 Å². The zero-order chi connectivity index (χ0) is 11.4. The summed E-state index contributed by atoms with van der Waals surface area (Å²) in [4.78, 5) is 0. The van der Waals surface area contributed by atoms with E-state index in [2.05, 4.69) is 14.0 Å². The van der Waals surface area contributed by atoms with Crippen LogP contribution in [0.1, 0.15) is 19.8 Å². The van der Waals surface area contributed by atoms with Crippen molar-refractivity contribution >= 4 is 7.25 Å². The van der Waals surface area contributed by atoms with Gasteiger partial charge in [-0.25, -0.2) is 0 Å². The molecular formula is C7H16BF4NO. The largest absolute Gasteiger partial charge is 0.673 e. The predicted octanol–water partition coefficient (Wildman–Crippen LogP) is 1.87. The van der Waals surface area contributed by atoms with Gasteiger partial charge in [0.1, 0.15) is 0 Å². The Kier molecular flexibility index (Phi) is 4.87. The predicted molar refractivity (Wildman–Crippen MR) is 47.0 cm³/mol. The molecule has 0 aromatic carbocycles. The number of aliphatic hydroxyl groups is 1. The van der Waals surface area contributed by atoms with E-state index >= 15 is 0 Å². The maximum Gasteiger partial charge on any atom is 0.673 e. The van der Waals surface area contributed by atoms with E-state index in [9.17, 15) is 22.4 Å². The highest BCUT2D eigenvalue weighted by Gasteiger charge is 2.34. The number of aliphatic hydroxyl groups excluding tert-OH is 1. The van der Waals surface area contributed by atoms with Gasteiger partial charge in [-0.1, -0.05) is 0 Å². The van der Waals surface area contributed by atoms with Crippen molar-refractivity contribution in [1.29, 1.82) is 0 Å². The van der Waals surface area contributed by atoms with E-state index in [1.54, 1.807) is 0 Å². The molecule has 86 valence electrons. The van der Waals surface area contributed by atoms with Crippen molar-refractivity contribution in [3.63, 3.8) is 0 Å². The Bertz CT molecular complexity index is 172. The van der Waals surface area contributed by atoms with Gasteiger partial charge in [0, 0.05) is 12.8 Å². The van der Waals surface area contributed by atoms with Crippen LogP contribution in [-0.2, 0) is 0 Å². The third kappa shape index (κ3) is 5.44. The lowest BCUT2D eigenvalue weighted by atomic mass is 10.3. The monoisotopic (exact) mass is 217 g/mol. The molecular weight excluding hydrogens is 201 g/mol. The second kappa shape index (κ2) is 4.98. The Morgan fingerprint density at radius 1 is 1.36 bits per heavy atom. The number of rotatable bonds is 1. The summed E-state index contributed by atoms with van der Waals surface area (Å²) < 4.78 is 39.9. The number of likely N-dealkylation sites (tertiary alicyclic amines) is 1. The highest BCUT2D eigenvalue weighted by atomic mass is 19.5. The normalized spacial score (nSPS) is 32.4. The minimum absolute atomic E-state index is 0.0880. The molecule has 0 bridgehead atoms. The van der Waals surface area contributed by atoms with E-state index in [0.717, 1.165) is 24.0 Å². The summed E-state index contributed by atoms with van der Waals surface area (Å²) in [5.74, 6) is 0. The Morgan fingerprint density at radius 3 is 1.93 bits per heavy atom. The number of nitrogens with zero attached hydrogens (tertiary/aromatic N) is 1. The molecule has 0 radical (unpaired) electrons. The van der Waals surface area contributed by atoms with Crippen LogP contribution in [0.4, 0.5) is 17.3 Å². The van der Waals surface area contributed by atoms with Gasteiger partial charge in [-0.3, -0.25) is 0 Å². The Labute approximate surface area is 81.2 Å². The molecule has 1 aliphatic rings. The number of hydrogen-bond donors (Lipinski definition) is 1. The van der Waals surface area contributed by atoms with E-state index < -0.39 is 7.25 Å². The van der Waals surface area contributed by atoms with E-state index in [0.29, 0.717) is 0 Å². The standard InChI is InChI=1S/C7H16NO.BF4/c1-3-8(2)6-4-5-7(8)9;2-1(3,4)5/h7,9H,3-6H2,1-2H3;/q+1;-1. The first kappa shape index (κ1) is 13.7. The second-order valence-electron chi connectivity index (χ2n) is 3.64. The van der Waals surface area contributed by atoms with Crippen molar-refractivity contribution in [3.8, 4) is 0 Å². The van der Waals surface area contributed by atoms with Crippen LogP contribution in [0.3, 0.4) is 0 Å². The lowest BCUT2D eigenvalue weighted by Crippen LogP contribution is -2.47. The molecule has 1 rings (SSSR count). The topological polar surface area (TPSA) is 20.2 Å². The Hall–Kier alpha value is -0.295. The van der Waals surface area contributed by atoms with Gasteiger partial charge in [-0.15, -0.1) is 0 Å². The fourth-order valence-electron chi connectivity index (χ4n) is 1.46. The lowest BCUT2D eigenvalue weighted by molar-refractivity contribution is -0.939. The van der Waals surface area contributed by atoms with Crippen LogP contribution >= 0.6 is 0 Å². The van der Waals surface area contributed by atoms with Gasteiger partial charge in [0.15, 0.2) is 6.23 Å². The highest BCUT2D eigenvalue weighted by molar-refractivity contribution is 6.50. The van der Waals surface area contributed by atoms with Gasteiger partial charge >= 0.3 is 7.25 Å². The average Bonchev–Trinajstić information content (AvgIpc) is 2.30. The fraction of sp³-hybridized carbons (Fsp3) is 1.00. The van der Waals surface area contributed by atoms with E-state index in [-0.39, 0.29) is 6.23 Å². The highest BCUT2D eigenvalue weighted by Crippen LogP contribution is 2.21. The molecule has 14 heavy (non-hydrogen) atoms. The molecule has 0 aliphatic carbocycles. The molecule has 1 aliphatic heterocycles. The van der Waals surface area contributed by atoms with Crippen LogP contribution < -0.4 is 0 Å². The molecule has 7 heteroatoms. The average molecular weight is 217 g/mol. The molecule has 0 aromatic rings. The minimum Gasteiger partial charge on any atom is -0.418 e. The number of quaternary nitrogens is 1. The van der Waals surface area contributed by atoms with Crippen LogP contribution in [0.2, 0.25) is 0 Å². The lowest BCUT2D eigenvalue weighted by Gasteiger charge is -2.31. The number of hydrogen-bond acceptors (Lipinski definition) is 1. The first-order valence-electron chi connectivity index (χ1n) is 4.58. The summed E-state index contributed by atoms with van der Waals surface area (Å²) in [6.45, 7) is 4.34. The molecule has 1 heterocycles. The molecule has 1 N–H and O–H groups in total. The molecule has 0 aromatic heterocycles. The molecule has 0 amide bonds. The van der Waals surface area contributed by atoms with Crippen LogP contribution in [-0.4, -0.2) is 43.2 Å². The first-order chi connectivity index (χ1) is 6.19. The van der Waals surface area contributed by atoms with Crippen LogP contribution in [0, 0.1) is 0 Å². The van der Waals surface area contributed by atoms with E-state index in [1.165, 1.54) is 6.42 Å². The molecule has 2 nitrogen and oxygen atoms in total. The third-order valence-corrected chi connectivity index (χ3v) is 2.57. The molecule has 2 atom stereocenters. The molecule has 2 unspecified atom stereocenters. The van der Waals surface area contributed by atoms with Gasteiger partial charge < -0.3 is 26.9 Å². The summed E-state index contributed by atoms with van der Waals surface area (Å²) in [5.41, 5.74) is 0. The van der Waals surface area contributed by atoms with E-state index in [1.807, 2.05) is 0 Å². The maximum atomic E-state index is 9.75. The summed E-state index contributed by atoms with van der Waals surface area (Å²) in [7, 11) is -3.88. The van der Waals surface area contributed by atoms with Crippen LogP contribution in [0.15, 0.2) is 0 Å². The quantitative estimate of drug-likeness (QED) is 0.403. The molecule has 0 saturated carbocycles. The van der Waals surface area contributed by atoms with Crippen molar-refractivity contribution in [2.45, 2.75) is 26.0 Å². The van der Waals surface area contributed by atoms with Crippen molar-refractivity contribution in [2.24, 2.45) is 0 Å². The zero-order valence-electron chi connectivity index (χ0n) is 8.39. The van der Waals surface area contributed by atoms with Crippen molar-refractivity contribution < 1.29 is 26.9 Å². The van der Waals surface area contributed by atoms with Crippen molar-refractivity contribution in [3.05, 3.63) is 0 Å². The summed E-state index contributed by atoms with van der Waals surface area (Å²) >= 11 is 0. The van der Waals surface area contributed by atoms with Gasteiger partial charge in [0.2, 0.25) is 0 Å². The zero-order valence-corrected chi connectivity index (χ0v) is 8.39. The van der Waals surface area contributed by atoms with Gasteiger partial charge in [0.25, 0.3) is 0 Å². The molecule has 1 fully saturated rings. The van der Waals surface area contributed by atoms with Gasteiger partial charge in [-0.05, 0) is 6.92 Å². The van der Waals surface area contributed by atoms with Crippen LogP contribution in [0.5, 0.6) is 0 Å². The Balaban J connectivity index is 0.000000292. The fourth-order valence-corrected chi connectivity index (χ4v) is 1.46. The molecule has 1 saturated heterocycles. The maximum absolute atomic E-state index is 9.75. The van der Waals surface area contributed by atoms with Crippen molar-refractivity contribution in [2.75, 3.05) is 20.1 Å². The van der Waals surface area contributed by atoms with Gasteiger partial charge in [0.05, 0.1) is 20.1 Å². The SMILES string of the molecule is CC[N+]1(C)CCCC1O.F[B-](F)(F)F. The summed E-state index contributed by atoms with van der Waals surface area (Å²) in [6.07, 6.45) is 2.09.